The van der Waals surface area contributed by atoms with Crippen LogP contribution in [0.3, 0.4) is 0 Å². The minimum Gasteiger partial charge on any atom is -0.372 e. The summed E-state index contributed by atoms with van der Waals surface area (Å²) in [5.74, 6) is 0. The summed E-state index contributed by atoms with van der Waals surface area (Å²) in [6.45, 7) is 6.78. The van der Waals surface area contributed by atoms with Crippen LogP contribution in [0.2, 0.25) is 0 Å². The van der Waals surface area contributed by atoms with Gasteiger partial charge < -0.3 is 15.0 Å². The predicted octanol–water partition coefficient (Wildman–Crippen LogP) is 2.67. The number of anilines is 1. The second-order valence-electron chi connectivity index (χ2n) is 7.08. The van der Waals surface area contributed by atoms with E-state index >= 15 is 0 Å². The van der Waals surface area contributed by atoms with Crippen molar-refractivity contribution in [2.45, 2.75) is 50.2 Å². The molecule has 0 aliphatic carbocycles. The number of rotatable bonds is 3. The van der Waals surface area contributed by atoms with Crippen molar-refractivity contribution in [1.29, 1.82) is 0 Å². The van der Waals surface area contributed by atoms with Gasteiger partial charge in [-0.3, -0.25) is 0 Å². The van der Waals surface area contributed by atoms with Gasteiger partial charge in [0.05, 0.1) is 17.1 Å². The van der Waals surface area contributed by atoms with Crippen molar-refractivity contribution < 1.29 is 13.2 Å². The molecule has 2 unspecified atom stereocenters. The van der Waals surface area contributed by atoms with Crippen LogP contribution in [0.5, 0.6) is 0 Å². The van der Waals surface area contributed by atoms with E-state index in [1.807, 2.05) is 13.8 Å². The highest BCUT2D eigenvalue weighted by molar-refractivity contribution is 7.89. The maximum Gasteiger partial charge on any atom is 0.243 e. The maximum absolute atomic E-state index is 12.7. The number of nitrogens with one attached hydrogen (secondary N) is 1. The third-order valence-corrected chi connectivity index (χ3v) is 7.04. The molecule has 2 aliphatic heterocycles. The van der Waals surface area contributed by atoms with Gasteiger partial charge in [0.2, 0.25) is 10.0 Å². The third-order valence-electron chi connectivity index (χ3n) is 4.77. The Hall–Kier alpha value is -1.22. The molecule has 6 nitrogen and oxygen atoms in total. The third kappa shape index (κ3) is 4.54. The zero-order valence-electron chi connectivity index (χ0n) is 15.3. The number of sulfonamides is 1. The van der Waals surface area contributed by atoms with E-state index < -0.39 is 10.0 Å². The van der Waals surface area contributed by atoms with E-state index in [4.69, 9.17) is 17.0 Å². The molecule has 0 aromatic heterocycles. The summed E-state index contributed by atoms with van der Waals surface area (Å²) in [6.07, 6.45) is 3.24. The zero-order valence-corrected chi connectivity index (χ0v) is 17.0. The van der Waals surface area contributed by atoms with Crippen LogP contribution in [0.25, 0.3) is 0 Å². The minimum atomic E-state index is -3.40. The summed E-state index contributed by atoms with van der Waals surface area (Å²) in [4.78, 5) is 2.43. The van der Waals surface area contributed by atoms with Gasteiger partial charge in [-0.15, -0.1) is 0 Å². The molecule has 0 radical (unpaired) electrons. The molecule has 8 heteroatoms. The molecule has 0 spiro atoms. The van der Waals surface area contributed by atoms with Crippen molar-refractivity contribution in [1.82, 2.24) is 9.21 Å². The number of morpholine rings is 1. The van der Waals surface area contributed by atoms with Crippen LogP contribution in [0, 0.1) is 0 Å². The average molecular weight is 398 g/mol. The number of piperidine rings is 1. The Kier molecular flexibility index (Phi) is 6.17. The Bertz CT molecular complexity index is 721. The molecule has 2 heterocycles. The van der Waals surface area contributed by atoms with Gasteiger partial charge in [0, 0.05) is 31.9 Å². The van der Waals surface area contributed by atoms with Crippen LogP contribution in [-0.2, 0) is 14.8 Å². The first kappa shape index (κ1) is 19.5. The summed E-state index contributed by atoms with van der Waals surface area (Å²) in [5, 5.41) is 3.84. The van der Waals surface area contributed by atoms with Gasteiger partial charge >= 0.3 is 0 Å². The maximum atomic E-state index is 12.7. The molecule has 0 bridgehead atoms. The molecule has 1 N–H and O–H groups in total. The molecular formula is C18H27N3O3S2. The molecule has 144 valence electrons. The molecule has 1 aromatic rings. The fraction of sp³-hybridized carbons (Fsp3) is 0.611. The molecule has 0 saturated carbocycles. The van der Waals surface area contributed by atoms with Crippen molar-refractivity contribution in [2.75, 3.05) is 31.5 Å². The predicted molar refractivity (Wildman–Crippen MR) is 107 cm³/mol. The van der Waals surface area contributed by atoms with Crippen LogP contribution >= 0.6 is 12.2 Å². The summed E-state index contributed by atoms with van der Waals surface area (Å²) >= 11 is 5.50. The topological polar surface area (TPSA) is 61.9 Å². The molecule has 0 amide bonds. The van der Waals surface area contributed by atoms with Crippen molar-refractivity contribution in [3.05, 3.63) is 24.3 Å². The number of nitrogens with zero attached hydrogens (tertiary/aromatic N) is 2. The fourth-order valence-corrected chi connectivity index (χ4v) is 5.29. The number of hydrogen-bond acceptors (Lipinski definition) is 4. The van der Waals surface area contributed by atoms with E-state index in [0.717, 1.165) is 38.0 Å². The fourth-order valence-electron chi connectivity index (χ4n) is 3.51. The molecule has 3 rings (SSSR count). The number of ether oxygens (including phenoxy) is 1. The Morgan fingerprint density at radius 2 is 1.65 bits per heavy atom. The lowest BCUT2D eigenvalue weighted by molar-refractivity contribution is -0.0473. The second-order valence-corrected chi connectivity index (χ2v) is 9.41. The summed E-state index contributed by atoms with van der Waals surface area (Å²) in [7, 11) is -3.40. The highest BCUT2D eigenvalue weighted by atomic mass is 32.2. The molecule has 2 atom stereocenters. The van der Waals surface area contributed by atoms with Crippen LogP contribution in [0.4, 0.5) is 5.69 Å². The molecule has 2 saturated heterocycles. The van der Waals surface area contributed by atoms with Gasteiger partial charge in [-0.2, -0.15) is 4.31 Å². The van der Waals surface area contributed by atoms with E-state index in [1.165, 1.54) is 0 Å². The summed E-state index contributed by atoms with van der Waals surface area (Å²) < 4.78 is 32.7. The Morgan fingerprint density at radius 3 is 2.23 bits per heavy atom. The quantitative estimate of drug-likeness (QED) is 0.792. The Balaban J connectivity index is 1.65. The largest absolute Gasteiger partial charge is 0.372 e. The summed E-state index contributed by atoms with van der Waals surface area (Å²) in [6, 6.07) is 6.85. The normalized spacial score (nSPS) is 25.1. The van der Waals surface area contributed by atoms with Gasteiger partial charge in [0.15, 0.2) is 5.11 Å². The van der Waals surface area contributed by atoms with Gasteiger partial charge in [-0.1, -0.05) is 6.42 Å². The lowest BCUT2D eigenvalue weighted by Gasteiger charge is -2.36. The molecular weight excluding hydrogens is 370 g/mol. The van der Waals surface area contributed by atoms with Crippen molar-refractivity contribution in [2.24, 2.45) is 0 Å². The van der Waals surface area contributed by atoms with E-state index in [9.17, 15) is 8.42 Å². The lowest BCUT2D eigenvalue weighted by atomic mass is 10.2. The standard InChI is InChI=1S/C18H27N3O3S2/c1-14-12-20(13-15(2)24-14)18(25)19-16-6-8-17(9-7-16)26(22,23)21-10-4-3-5-11-21/h6-9,14-15H,3-5,10-13H2,1-2H3,(H,19,25). The van der Waals surface area contributed by atoms with Gasteiger partial charge in [0.1, 0.15) is 0 Å². The monoisotopic (exact) mass is 397 g/mol. The highest BCUT2D eigenvalue weighted by Gasteiger charge is 2.26. The van der Waals surface area contributed by atoms with E-state index in [1.54, 1.807) is 28.6 Å². The molecule has 2 fully saturated rings. The smallest absolute Gasteiger partial charge is 0.243 e. The van der Waals surface area contributed by atoms with E-state index in [2.05, 4.69) is 10.2 Å². The number of hydrogen-bond donors (Lipinski definition) is 1. The van der Waals surface area contributed by atoms with E-state index in [0.29, 0.717) is 23.1 Å². The number of thiocarbonyl (C=S) groups is 1. The highest BCUT2D eigenvalue weighted by Crippen LogP contribution is 2.22. The average Bonchev–Trinajstić information content (AvgIpc) is 2.62. The first-order valence-corrected chi connectivity index (χ1v) is 11.0. The second kappa shape index (κ2) is 8.21. The Morgan fingerprint density at radius 1 is 1.08 bits per heavy atom. The van der Waals surface area contributed by atoms with Crippen molar-refractivity contribution >= 4 is 33.0 Å². The first-order chi connectivity index (χ1) is 12.4. The van der Waals surface area contributed by atoms with Gasteiger partial charge in [-0.05, 0) is 63.2 Å². The minimum absolute atomic E-state index is 0.135. The van der Waals surface area contributed by atoms with Crippen LogP contribution in [0.15, 0.2) is 29.2 Å². The van der Waals surface area contributed by atoms with E-state index in [-0.39, 0.29) is 12.2 Å². The SMILES string of the molecule is CC1CN(C(=S)Nc2ccc(S(=O)(=O)N3CCCCC3)cc2)CC(C)O1. The van der Waals surface area contributed by atoms with Gasteiger partial charge in [-0.25, -0.2) is 8.42 Å². The zero-order chi connectivity index (χ0) is 18.7. The van der Waals surface area contributed by atoms with Crippen LogP contribution in [-0.4, -0.2) is 61.1 Å². The van der Waals surface area contributed by atoms with Crippen LogP contribution in [0.1, 0.15) is 33.1 Å². The first-order valence-electron chi connectivity index (χ1n) is 9.18. The van der Waals surface area contributed by atoms with Crippen molar-refractivity contribution in [3.63, 3.8) is 0 Å². The number of benzene rings is 1. The molecule has 1 aromatic carbocycles. The summed E-state index contributed by atoms with van der Waals surface area (Å²) in [5.41, 5.74) is 0.791. The molecule has 26 heavy (non-hydrogen) atoms. The van der Waals surface area contributed by atoms with Crippen molar-refractivity contribution in [3.8, 4) is 0 Å². The molecule has 2 aliphatic rings. The lowest BCUT2D eigenvalue weighted by Crippen LogP contribution is -2.49. The Labute approximate surface area is 161 Å². The van der Waals surface area contributed by atoms with Crippen LogP contribution < -0.4 is 5.32 Å². The van der Waals surface area contributed by atoms with Gasteiger partial charge in [0.25, 0.3) is 0 Å².